The summed E-state index contributed by atoms with van der Waals surface area (Å²) in [5, 5.41) is 6.85. The van der Waals surface area contributed by atoms with Crippen LogP contribution in [0.15, 0.2) is 28.9 Å². The summed E-state index contributed by atoms with van der Waals surface area (Å²) in [6.45, 7) is 7.50. The molecular formula is C16H20N6O2S2. The van der Waals surface area contributed by atoms with Crippen LogP contribution in [0.25, 0.3) is 10.7 Å². The molecule has 0 bridgehead atoms. The highest BCUT2D eigenvalue weighted by Gasteiger charge is 2.25. The van der Waals surface area contributed by atoms with Gasteiger partial charge in [-0.1, -0.05) is 0 Å². The highest BCUT2D eigenvalue weighted by Crippen LogP contribution is 2.23. The lowest BCUT2D eigenvalue weighted by Crippen LogP contribution is -2.24. The van der Waals surface area contributed by atoms with E-state index in [2.05, 4.69) is 24.8 Å². The average molecular weight is 393 g/mol. The fourth-order valence-corrected chi connectivity index (χ4v) is 4.87. The Morgan fingerprint density at radius 3 is 2.65 bits per heavy atom. The van der Waals surface area contributed by atoms with Crippen molar-refractivity contribution in [2.24, 2.45) is 0 Å². The number of aryl methyl sites for hydroxylation is 1. The predicted octanol–water partition coefficient (Wildman–Crippen LogP) is 2.47. The lowest BCUT2D eigenvalue weighted by atomic mass is 10.3. The summed E-state index contributed by atoms with van der Waals surface area (Å²) >= 11 is 1.40. The predicted molar refractivity (Wildman–Crippen MR) is 99.3 cm³/mol. The van der Waals surface area contributed by atoms with Gasteiger partial charge >= 0.3 is 0 Å². The SMILES string of the molecule is Cc1nn(C(C)C)c(C)c1S(=O)(=O)NCc1csc(-c2cnccn2)n1. The van der Waals surface area contributed by atoms with Crippen LogP contribution in [-0.2, 0) is 16.6 Å². The number of hydrogen-bond donors (Lipinski definition) is 1. The molecule has 1 N–H and O–H groups in total. The van der Waals surface area contributed by atoms with Crippen LogP contribution >= 0.6 is 11.3 Å². The lowest BCUT2D eigenvalue weighted by molar-refractivity contribution is 0.514. The second-order valence-corrected chi connectivity index (χ2v) is 8.66. The van der Waals surface area contributed by atoms with Gasteiger partial charge in [-0.3, -0.25) is 14.6 Å². The molecule has 138 valence electrons. The third-order valence-electron chi connectivity index (χ3n) is 3.79. The Balaban J connectivity index is 1.79. The standard InChI is InChI=1S/C16H20N6O2S2/c1-10(2)22-12(4)15(11(3)21-22)26(23,24)19-7-13-9-25-16(20-13)14-8-17-5-6-18-14/h5-6,8-10,19H,7H2,1-4H3. The molecule has 3 rings (SSSR count). The highest BCUT2D eigenvalue weighted by molar-refractivity contribution is 7.89. The van der Waals surface area contributed by atoms with Crippen LogP contribution in [-0.4, -0.2) is 33.2 Å². The van der Waals surface area contributed by atoms with E-state index < -0.39 is 10.0 Å². The molecule has 0 aliphatic rings. The molecule has 3 aromatic heterocycles. The molecule has 0 aliphatic carbocycles. The van der Waals surface area contributed by atoms with Crippen LogP contribution in [0.1, 0.15) is 37.0 Å². The number of nitrogens with one attached hydrogen (secondary N) is 1. The summed E-state index contributed by atoms with van der Waals surface area (Å²) < 4.78 is 29.8. The first-order chi connectivity index (χ1) is 12.3. The van der Waals surface area contributed by atoms with Gasteiger partial charge < -0.3 is 0 Å². The van der Waals surface area contributed by atoms with E-state index in [0.29, 0.717) is 27.8 Å². The minimum Gasteiger partial charge on any atom is -0.266 e. The normalized spacial score (nSPS) is 12.0. The highest BCUT2D eigenvalue weighted by atomic mass is 32.2. The van der Waals surface area contributed by atoms with E-state index in [9.17, 15) is 8.42 Å². The van der Waals surface area contributed by atoms with E-state index in [1.54, 1.807) is 37.1 Å². The summed E-state index contributed by atoms with van der Waals surface area (Å²) in [4.78, 5) is 12.9. The first-order valence-electron chi connectivity index (χ1n) is 8.05. The molecule has 0 unspecified atom stereocenters. The molecule has 0 spiro atoms. The van der Waals surface area contributed by atoms with Crippen molar-refractivity contribution in [3.63, 3.8) is 0 Å². The van der Waals surface area contributed by atoms with E-state index in [4.69, 9.17) is 0 Å². The Hall–Kier alpha value is -2.17. The molecule has 0 aromatic carbocycles. The number of aromatic nitrogens is 5. The number of thiazole rings is 1. The maximum atomic E-state index is 12.7. The average Bonchev–Trinajstić information content (AvgIpc) is 3.18. The van der Waals surface area contributed by atoms with Crippen molar-refractivity contribution in [3.8, 4) is 10.7 Å². The lowest BCUT2D eigenvalue weighted by Gasteiger charge is -2.09. The maximum Gasteiger partial charge on any atom is 0.244 e. The van der Waals surface area contributed by atoms with Crippen LogP contribution < -0.4 is 4.72 Å². The van der Waals surface area contributed by atoms with Gasteiger partial charge in [-0.2, -0.15) is 5.10 Å². The van der Waals surface area contributed by atoms with Gasteiger partial charge in [-0.25, -0.2) is 18.1 Å². The molecule has 0 fully saturated rings. The third-order valence-corrected chi connectivity index (χ3v) is 6.36. The van der Waals surface area contributed by atoms with E-state index in [1.165, 1.54) is 11.3 Å². The second kappa shape index (κ2) is 7.22. The van der Waals surface area contributed by atoms with Crippen LogP contribution in [0.4, 0.5) is 0 Å². The number of rotatable bonds is 6. The summed E-state index contributed by atoms with van der Waals surface area (Å²) in [6, 6.07) is 0.0886. The zero-order valence-corrected chi connectivity index (χ0v) is 16.6. The molecule has 0 amide bonds. The Morgan fingerprint density at radius 1 is 1.27 bits per heavy atom. The quantitative estimate of drug-likeness (QED) is 0.691. The zero-order chi connectivity index (χ0) is 18.9. The molecule has 3 heterocycles. The van der Waals surface area contributed by atoms with E-state index in [0.717, 1.165) is 0 Å². The van der Waals surface area contributed by atoms with E-state index in [-0.39, 0.29) is 17.5 Å². The second-order valence-electron chi connectivity index (χ2n) is 6.10. The molecule has 0 saturated heterocycles. The number of nitrogens with zero attached hydrogens (tertiary/aromatic N) is 5. The van der Waals surface area contributed by atoms with E-state index >= 15 is 0 Å². The van der Waals surface area contributed by atoms with Crippen LogP contribution in [0, 0.1) is 13.8 Å². The van der Waals surface area contributed by atoms with Gasteiger partial charge in [0, 0.05) is 23.8 Å². The molecule has 0 atom stereocenters. The van der Waals surface area contributed by atoms with Gasteiger partial charge in [0.15, 0.2) is 0 Å². The van der Waals surface area contributed by atoms with Crippen molar-refractivity contribution in [2.75, 3.05) is 0 Å². The summed E-state index contributed by atoms with van der Waals surface area (Å²) in [7, 11) is -3.68. The molecule has 0 saturated carbocycles. The number of hydrogen-bond acceptors (Lipinski definition) is 7. The van der Waals surface area contributed by atoms with E-state index in [1.807, 2.05) is 19.2 Å². The maximum absolute atomic E-state index is 12.7. The summed E-state index contributed by atoms with van der Waals surface area (Å²) in [5.41, 5.74) is 2.41. The number of sulfonamides is 1. The van der Waals surface area contributed by atoms with Crippen LogP contribution in [0.2, 0.25) is 0 Å². The molecule has 26 heavy (non-hydrogen) atoms. The zero-order valence-electron chi connectivity index (χ0n) is 15.0. The van der Waals surface area contributed by atoms with Crippen LogP contribution in [0.3, 0.4) is 0 Å². The topological polar surface area (TPSA) is 103 Å². The Labute approximate surface area is 156 Å². The molecule has 3 aromatic rings. The minimum atomic E-state index is -3.68. The van der Waals surface area contributed by atoms with Gasteiger partial charge in [-0.15, -0.1) is 11.3 Å². The molecule has 0 aliphatic heterocycles. The Morgan fingerprint density at radius 2 is 2.04 bits per heavy atom. The van der Waals surface area contributed by atoms with Gasteiger partial charge in [0.2, 0.25) is 10.0 Å². The van der Waals surface area contributed by atoms with Crippen molar-refractivity contribution in [3.05, 3.63) is 41.1 Å². The molecule has 10 heteroatoms. The van der Waals surface area contributed by atoms with Crippen molar-refractivity contribution >= 4 is 21.4 Å². The van der Waals surface area contributed by atoms with Crippen molar-refractivity contribution in [1.82, 2.24) is 29.5 Å². The van der Waals surface area contributed by atoms with Gasteiger partial charge in [-0.05, 0) is 27.7 Å². The Kier molecular flexibility index (Phi) is 5.17. The van der Waals surface area contributed by atoms with Gasteiger partial charge in [0.25, 0.3) is 0 Å². The third kappa shape index (κ3) is 3.67. The fourth-order valence-electron chi connectivity index (χ4n) is 2.70. The monoisotopic (exact) mass is 392 g/mol. The fraction of sp³-hybridized carbons (Fsp3) is 0.375. The van der Waals surface area contributed by atoms with Gasteiger partial charge in [0.1, 0.15) is 15.6 Å². The minimum absolute atomic E-state index is 0.0886. The first kappa shape index (κ1) is 18.6. The van der Waals surface area contributed by atoms with Crippen molar-refractivity contribution < 1.29 is 8.42 Å². The first-order valence-corrected chi connectivity index (χ1v) is 10.4. The molecular weight excluding hydrogens is 372 g/mol. The van der Waals surface area contributed by atoms with Crippen molar-refractivity contribution in [2.45, 2.75) is 45.2 Å². The largest absolute Gasteiger partial charge is 0.266 e. The van der Waals surface area contributed by atoms with Crippen molar-refractivity contribution in [1.29, 1.82) is 0 Å². The van der Waals surface area contributed by atoms with Crippen LogP contribution in [0.5, 0.6) is 0 Å². The Bertz CT molecular complexity index is 1010. The summed E-state index contributed by atoms with van der Waals surface area (Å²) in [6.07, 6.45) is 4.81. The smallest absolute Gasteiger partial charge is 0.244 e. The molecule has 8 nitrogen and oxygen atoms in total. The molecule has 0 radical (unpaired) electrons. The van der Waals surface area contributed by atoms with Gasteiger partial charge in [0.05, 0.1) is 29.8 Å². The summed E-state index contributed by atoms with van der Waals surface area (Å²) in [5.74, 6) is 0.